The Balaban J connectivity index is 2.35. The lowest BCUT2D eigenvalue weighted by atomic mass is 9.84. The minimum Gasteiger partial charge on any atom is -0.378 e. The number of piperidine rings is 1. The number of ether oxygens (including phenoxy) is 1. The maximum Gasteiger partial charge on any atom is 0.0599 e. The Morgan fingerprint density at radius 2 is 1.89 bits per heavy atom. The van der Waals surface area contributed by atoms with Crippen molar-refractivity contribution < 1.29 is 4.74 Å². The molecule has 0 aliphatic carbocycles. The van der Waals surface area contributed by atoms with Gasteiger partial charge in [-0.15, -0.1) is 0 Å². The number of rotatable bonds is 7. The zero-order valence-electron chi connectivity index (χ0n) is 13.0. The molecule has 0 aromatic carbocycles. The molecule has 1 aliphatic heterocycles. The minimum absolute atomic E-state index is 0.328. The van der Waals surface area contributed by atoms with E-state index < -0.39 is 0 Å². The van der Waals surface area contributed by atoms with E-state index in [1.54, 1.807) is 0 Å². The third kappa shape index (κ3) is 4.87. The van der Waals surface area contributed by atoms with E-state index in [0.29, 0.717) is 17.6 Å². The Morgan fingerprint density at radius 3 is 2.39 bits per heavy atom. The van der Waals surface area contributed by atoms with Gasteiger partial charge >= 0.3 is 0 Å². The number of likely N-dealkylation sites (tertiary alicyclic amines) is 1. The van der Waals surface area contributed by atoms with Gasteiger partial charge in [0, 0.05) is 32.3 Å². The summed E-state index contributed by atoms with van der Waals surface area (Å²) in [5.74, 6) is 0. The van der Waals surface area contributed by atoms with Crippen molar-refractivity contribution in [1.29, 1.82) is 0 Å². The van der Waals surface area contributed by atoms with Gasteiger partial charge in [0.2, 0.25) is 0 Å². The lowest BCUT2D eigenvalue weighted by Crippen LogP contribution is -2.49. The summed E-state index contributed by atoms with van der Waals surface area (Å²) in [6.45, 7) is 16.8. The molecule has 0 spiro atoms. The Labute approximate surface area is 113 Å². The molecular formula is C15H32N2O. The van der Waals surface area contributed by atoms with Gasteiger partial charge in [-0.2, -0.15) is 0 Å². The molecule has 0 bridgehead atoms. The first-order chi connectivity index (χ1) is 8.49. The van der Waals surface area contributed by atoms with Gasteiger partial charge in [0.25, 0.3) is 0 Å². The smallest absolute Gasteiger partial charge is 0.0599 e. The third-order valence-electron chi connectivity index (χ3n) is 4.25. The highest BCUT2D eigenvalue weighted by atomic mass is 16.5. The van der Waals surface area contributed by atoms with Gasteiger partial charge in [-0.1, -0.05) is 20.8 Å². The second-order valence-corrected chi connectivity index (χ2v) is 6.20. The lowest BCUT2D eigenvalue weighted by molar-refractivity contribution is 0.00405. The van der Waals surface area contributed by atoms with E-state index in [4.69, 9.17) is 4.74 Å². The number of hydrogen-bond donors (Lipinski definition) is 1. The highest BCUT2D eigenvalue weighted by Crippen LogP contribution is 2.24. The molecular weight excluding hydrogens is 224 g/mol. The fourth-order valence-corrected chi connectivity index (χ4v) is 2.77. The van der Waals surface area contributed by atoms with Crippen LogP contribution in [0, 0.1) is 5.41 Å². The van der Waals surface area contributed by atoms with Gasteiger partial charge in [-0.3, -0.25) is 0 Å². The Hall–Kier alpha value is -0.120. The maximum atomic E-state index is 5.71. The third-order valence-corrected chi connectivity index (χ3v) is 4.25. The molecule has 1 atom stereocenters. The molecule has 0 aromatic rings. The Bertz CT molecular complexity index is 223. The fourth-order valence-electron chi connectivity index (χ4n) is 2.77. The van der Waals surface area contributed by atoms with Crippen molar-refractivity contribution in [2.45, 2.75) is 59.6 Å². The molecule has 0 radical (unpaired) electrons. The first kappa shape index (κ1) is 15.9. The van der Waals surface area contributed by atoms with Crippen molar-refractivity contribution in [3.63, 3.8) is 0 Å². The lowest BCUT2D eigenvalue weighted by Gasteiger charge is -2.40. The second-order valence-electron chi connectivity index (χ2n) is 6.20. The van der Waals surface area contributed by atoms with Crippen LogP contribution in [-0.4, -0.2) is 49.8 Å². The van der Waals surface area contributed by atoms with Crippen LogP contribution in [0.4, 0.5) is 0 Å². The van der Waals surface area contributed by atoms with Crippen LogP contribution in [-0.2, 0) is 4.74 Å². The molecule has 1 fully saturated rings. The quantitative estimate of drug-likeness (QED) is 0.757. The van der Waals surface area contributed by atoms with Crippen LogP contribution in [0.2, 0.25) is 0 Å². The summed E-state index contributed by atoms with van der Waals surface area (Å²) in [5, 5.41) is 3.55. The summed E-state index contributed by atoms with van der Waals surface area (Å²) >= 11 is 0. The summed E-state index contributed by atoms with van der Waals surface area (Å²) in [4.78, 5) is 2.60. The number of nitrogens with zero attached hydrogens (tertiary/aromatic N) is 1. The van der Waals surface area contributed by atoms with Crippen LogP contribution < -0.4 is 5.32 Å². The zero-order chi connectivity index (χ0) is 13.6. The molecule has 108 valence electrons. The highest BCUT2D eigenvalue weighted by Gasteiger charge is 2.29. The highest BCUT2D eigenvalue weighted by molar-refractivity contribution is 4.85. The van der Waals surface area contributed by atoms with E-state index in [-0.39, 0.29) is 0 Å². The van der Waals surface area contributed by atoms with Crippen LogP contribution >= 0.6 is 0 Å². The predicted molar refractivity (Wildman–Crippen MR) is 78.0 cm³/mol. The standard InChI is InChI=1S/C15H32N2O/c1-6-16-13(3)15(4,5)12-17-10-8-14(9-11-17)18-7-2/h13-14,16H,6-12H2,1-5H3. The molecule has 1 saturated heterocycles. The Morgan fingerprint density at radius 1 is 1.28 bits per heavy atom. The van der Waals surface area contributed by atoms with E-state index in [9.17, 15) is 0 Å². The van der Waals surface area contributed by atoms with Gasteiger partial charge in [-0.25, -0.2) is 0 Å². The first-order valence-electron chi connectivity index (χ1n) is 7.57. The molecule has 3 nitrogen and oxygen atoms in total. The molecule has 0 amide bonds. The van der Waals surface area contributed by atoms with Crippen LogP contribution in [0.15, 0.2) is 0 Å². The van der Waals surface area contributed by atoms with Gasteiger partial charge in [-0.05, 0) is 38.6 Å². The largest absolute Gasteiger partial charge is 0.378 e. The van der Waals surface area contributed by atoms with E-state index in [1.165, 1.54) is 32.5 Å². The molecule has 1 heterocycles. The van der Waals surface area contributed by atoms with Crippen LogP contribution in [0.3, 0.4) is 0 Å². The molecule has 0 aromatic heterocycles. The molecule has 1 rings (SSSR count). The summed E-state index contributed by atoms with van der Waals surface area (Å²) in [7, 11) is 0. The number of nitrogens with one attached hydrogen (secondary N) is 1. The summed E-state index contributed by atoms with van der Waals surface area (Å²) in [6, 6.07) is 0.562. The van der Waals surface area contributed by atoms with E-state index in [0.717, 1.165) is 13.2 Å². The van der Waals surface area contributed by atoms with E-state index >= 15 is 0 Å². The predicted octanol–water partition coefficient (Wildman–Crippen LogP) is 2.51. The van der Waals surface area contributed by atoms with E-state index in [1.807, 2.05) is 0 Å². The summed E-state index contributed by atoms with van der Waals surface area (Å²) < 4.78 is 5.71. The van der Waals surface area contributed by atoms with Gasteiger partial charge < -0.3 is 15.0 Å². The summed E-state index contributed by atoms with van der Waals surface area (Å²) in [5.41, 5.74) is 0.328. The SMILES string of the molecule is CCNC(C)C(C)(C)CN1CCC(OCC)CC1. The van der Waals surface area contributed by atoms with Crippen LogP contribution in [0.5, 0.6) is 0 Å². The van der Waals surface area contributed by atoms with E-state index in [2.05, 4.69) is 44.8 Å². The van der Waals surface area contributed by atoms with Crippen LogP contribution in [0.1, 0.15) is 47.5 Å². The van der Waals surface area contributed by atoms with Gasteiger partial charge in [0.15, 0.2) is 0 Å². The fraction of sp³-hybridized carbons (Fsp3) is 1.00. The van der Waals surface area contributed by atoms with Crippen LogP contribution in [0.25, 0.3) is 0 Å². The average Bonchev–Trinajstić information content (AvgIpc) is 2.32. The molecule has 18 heavy (non-hydrogen) atoms. The monoisotopic (exact) mass is 256 g/mol. The van der Waals surface area contributed by atoms with Crippen molar-refractivity contribution in [2.24, 2.45) is 5.41 Å². The number of hydrogen-bond acceptors (Lipinski definition) is 3. The van der Waals surface area contributed by atoms with Crippen molar-refractivity contribution in [3.05, 3.63) is 0 Å². The summed E-state index contributed by atoms with van der Waals surface area (Å²) in [6.07, 6.45) is 2.89. The molecule has 3 heteroatoms. The second kappa shape index (κ2) is 7.46. The molecule has 1 aliphatic rings. The van der Waals surface area contributed by atoms with Crippen molar-refractivity contribution in [3.8, 4) is 0 Å². The van der Waals surface area contributed by atoms with Crippen molar-refractivity contribution >= 4 is 0 Å². The van der Waals surface area contributed by atoms with Gasteiger partial charge in [0.05, 0.1) is 6.10 Å². The molecule has 0 saturated carbocycles. The Kier molecular flexibility index (Phi) is 6.61. The first-order valence-corrected chi connectivity index (χ1v) is 7.57. The van der Waals surface area contributed by atoms with Crippen molar-refractivity contribution in [1.82, 2.24) is 10.2 Å². The topological polar surface area (TPSA) is 24.5 Å². The van der Waals surface area contributed by atoms with Gasteiger partial charge in [0.1, 0.15) is 0 Å². The minimum atomic E-state index is 0.328. The van der Waals surface area contributed by atoms with Crippen molar-refractivity contribution in [2.75, 3.05) is 32.8 Å². The molecule has 1 unspecified atom stereocenters. The zero-order valence-corrected chi connectivity index (χ0v) is 13.0. The average molecular weight is 256 g/mol. The normalized spacial score (nSPS) is 21.2. The maximum absolute atomic E-state index is 5.71. The molecule has 1 N–H and O–H groups in total.